The van der Waals surface area contributed by atoms with Gasteiger partial charge in [0.1, 0.15) is 11.9 Å². The van der Waals surface area contributed by atoms with E-state index in [0.717, 1.165) is 18.2 Å². The summed E-state index contributed by atoms with van der Waals surface area (Å²) in [6, 6.07) is 8.84. The number of morpholine rings is 1. The zero-order chi connectivity index (χ0) is 23.3. The minimum Gasteiger partial charge on any atom is -0.452 e. The molecule has 0 spiro atoms. The van der Waals surface area contributed by atoms with E-state index in [2.05, 4.69) is 5.32 Å². The van der Waals surface area contributed by atoms with Gasteiger partial charge in [-0.25, -0.2) is 17.6 Å². The second-order valence-corrected chi connectivity index (χ2v) is 8.93. The predicted molar refractivity (Wildman–Crippen MR) is 111 cm³/mol. The van der Waals surface area contributed by atoms with Crippen LogP contribution in [0.15, 0.2) is 41.3 Å². The summed E-state index contributed by atoms with van der Waals surface area (Å²) in [5, 5.41) is 11.4. The molecule has 0 saturated carbocycles. The van der Waals surface area contributed by atoms with Crippen LogP contribution in [0.2, 0.25) is 5.02 Å². The monoisotopic (exact) mass is 481 g/mol. The lowest BCUT2D eigenvalue weighted by Gasteiger charge is -2.26. The number of benzene rings is 2. The van der Waals surface area contributed by atoms with Gasteiger partial charge in [-0.2, -0.15) is 9.57 Å². The molecule has 0 bridgehead atoms. The van der Waals surface area contributed by atoms with Crippen molar-refractivity contribution in [2.45, 2.75) is 4.90 Å². The van der Waals surface area contributed by atoms with Gasteiger partial charge in [0.2, 0.25) is 10.0 Å². The molecular weight excluding hydrogens is 465 g/mol. The molecule has 0 unspecified atom stereocenters. The number of halogens is 2. The highest BCUT2D eigenvalue weighted by atomic mass is 35.5. The average molecular weight is 482 g/mol. The summed E-state index contributed by atoms with van der Waals surface area (Å²) >= 11 is 5.89. The SMILES string of the molecule is N#Cc1ccc(NC(=O)COC(=O)c2cc(S(=O)(=O)N3CCOCC3)ccc2F)cc1Cl. The summed E-state index contributed by atoms with van der Waals surface area (Å²) in [6.07, 6.45) is 0. The van der Waals surface area contributed by atoms with Crippen molar-refractivity contribution in [3.63, 3.8) is 0 Å². The van der Waals surface area contributed by atoms with Crippen LogP contribution in [0.5, 0.6) is 0 Å². The second-order valence-electron chi connectivity index (χ2n) is 6.59. The Morgan fingerprint density at radius 3 is 2.59 bits per heavy atom. The molecule has 0 atom stereocenters. The lowest BCUT2D eigenvalue weighted by Crippen LogP contribution is -2.40. The van der Waals surface area contributed by atoms with Crippen LogP contribution < -0.4 is 5.32 Å². The molecule has 0 aromatic heterocycles. The zero-order valence-electron chi connectivity index (χ0n) is 16.5. The van der Waals surface area contributed by atoms with Crippen molar-refractivity contribution in [2.75, 3.05) is 38.2 Å². The highest BCUT2D eigenvalue weighted by Gasteiger charge is 2.28. The third-order valence-corrected chi connectivity index (χ3v) is 6.68. The van der Waals surface area contributed by atoms with Crippen LogP contribution >= 0.6 is 11.6 Å². The number of anilines is 1. The molecule has 2 aromatic rings. The average Bonchev–Trinajstić information content (AvgIpc) is 2.78. The number of esters is 1. The van der Waals surface area contributed by atoms with Crippen LogP contribution in [-0.2, 0) is 24.3 Å². The molecule has 168 valence electrons. The Morgan fingerprint density at radius 2 is 1.94 bits per heavy atom. The fourth-order valence-corrected chi connectivity index (χ4v) is 4.50. The Hall–Kier alpha value is -3.04. The van der Waals surface area contributed by atoms with Gasteiger partial charge in [-0.1, -0.05) is 11.6 Å². The summed E-state index contributed by atoms with van der Waals surface area (Å²) in [7, 11) is -3.95. The van der Waals surface area contributed by atoms with Gasteiger partial charge in [-0.3, -0.25) is 4.79 Å². The van der Waals surface area contributed by atoms with Crippen molar-refractivity contribution in [3.05, 3.63) is 58.4 Å². The van der Waals surface area contributed by atoms with Crippen LogP contribution in [-0.4, -0.2) is 57.5 Å². The summed E-state index contributed by atoms with van der Waals surface area (Å²) in [6.45, 7) is -0.0157. The summed E-state index contributed by atoms with van der Waals surface area (Å²) in [5.74, 6) is -2.93. The van der Waals surface area contributed by atoms with Crippen LogP contribution in [0, 0.1) is 17.1 Å². The van der Waals surface area contributed by atoms with E-state index in [9.17, 15) is 22.4 Å². The topological polar surface area (TPSA) is 126 Å². The van der Waals surface area contributed by atoms with E-state index in [1.54, 1.807) is 0 Å². The molecular formula is C20H17ClFN3O6S. The van der Waals surface area contributed by atoms with E-state index in [-0.39, 0.29) is 47.5 Å². The normalized spacial score (nSPS) is 14.4. The number of hydrogen-bond donors (Lipinski definition) is 1. The quantitative estimate of drug-likeness (QED) is 0.626. The van der Waals surface area contributed by atoms with Crippen LogP contribution in [0.25, 0.3) is 0 Å². The molecule has 1 N–H and O–H groups in total. The second kappa shape index (κ2) is 10.1. The first-order valence-corrected chi connectivity index (χ1v) is 11.1. The molecule has 1 amide bonds. The summed E-state index contributed by atoms with van der Waals surface area (Å²) in [4.78, 5) is 24.0. The molecule has 9 nitrogen and oxygen atoms in total. The molecule has 3 rings (SSSR count). The van der Waals surface area contributed by atoms with E-state index >= 15 is 0 Å². The van der Waals surface area contributed by atoms with Crippen molar-refractivity contribution in [1.29, 1.82) is 5.26 Å². The smallest absolute Gasteiger partial charge is 0.341 e. The largest absolute Gasteiger partial charge is 0.452 e. The van der Waals surface area contributed by atoms with Crippen LogP contribution in [0.3, 0.4) is 0 Å². The molecule has 32 heavy (non-hydrogen) atoms. The summed E-state index contributed by atoms with van der Waals surface area (Å²) < 4.78 is 50.7. The Labute approximate surface area is 188 Å². The van der Waals surface area contributed by atoms with Crippen molar-refractivity contribution in [2.24, 2.45) is 0 Å². The standard InChI is InChI=1S/C20H17ClFN3O6S/c21-17-9-14(2-1-13(17)11-23)24-19(26)12-31-20(27)16-10-15(3-4-18(16)22)32(28,29)25-5-7-30-8-6-25/h1-4,9-10H,5-8,12H2,(H,24,26). The maximum Gasteiger partial charge on any atom is 0.341 e. The number of nitriles is 1. The summed E-state index contributed by atoms with van der Waals surface area (Å²) in [5.41, 5.74) is -0.133. The molecule has 2 aromatic carbocycles. The number of nitrogens with one attached hydrogen (secondary N) is 1. The maximum absolute atomic E-state index is 14.2. The highest BCUT2D eigenvalue weighted by molar-refractivity contribution is 7.89. The first-order chi connectivity index (χ1) is 15.2. The lowest BCUT2D eigenvalue weighted by atomic mass is 10.2. The van der Waals surface area contributed by atoms with Crippen molar-refractivity contribution in [1.82, 2.24) is 4.31 Å². The van der Waals surface area contributed by atoms with Gasteiger partial charge in [-0.15, -0.1) is 0 Å². The lowest BCUT2D eigenvalue weighted by molar-refractivity contribution is -0.119. The van der Waals surface area contributed by atoms with Crippen LogP contribution in [0.4, 0.5) is 10.1 Å². The van der Waals surface area contributed by atoms with E-state index in [1.807, 2.05) is 6.07 Å². The van der Waals surface area contributed by atoms with Crippen LogP contribution in [0.1, 0.15) is 15.9 Å². The Bertz CT molecular complexity index is 1190. The molecule has 0 radical (unpaired) electrons. The first kappa shape index (κ1) is 23.6. The zero-order valence-corrected chi connectivity index (χ0v) is 18.1. The molecule has 1 aliphatic rings. The number of ether oxygens (including phenoxy) is 2. The maximum atomic E-state index is 14.2. The van der Waals surface area contributed by atoms with Gasteiger partial charge in [0.15, 0.2) is 6.61 Å². The molecule has 1 heterocycles. The Balaban J connectivity index is 1.67. The number of amides is 1. The fraction of sp³-hybridized carbons (Fsp3) is 0.250. The number of carbonyl (C=O) groups excluding carboxylic acids is 2. The third-order valence-electron chi connectivity index (χ3n) is 4.47. The fourth-order valence-electron chi connectivity index (χ4n) is 2.85. The minimum atomic E-state index is -3.95. The third kappa shape index (κ3) is 5.41. The minimum absolute atomic E-state index is 0.127. The molecule has 1 saturated heterocycles. The first-order valence-electron chi connectivity index (χ1n) is 9.26. The molecule has 1 fully saturated rings. The molecule has 0 aliphatic carbocycles. The van der Waals surface area contributed by atoms with Gasteiger partial charge in [0, 0.05) is 18.8 Å². The number of rotatable bonds is 6. The Kier molecular flexibility index (Phi) is 7.42. The number of nitrogens with zero attached hydrogens (tertiary/aromatic N) is 2. The van der Waals surface area contributed by atoms with E-state index < -0.39 is 39.9 Å². The Morgan fingerprint density at radius 1 is 1.22 bits per heavy atom. The van der Waals surface area contributed by atoms with Crippen molar-refractivity contribution in [3.8, 4) is 6.07 Å². The van der Waals surface area contributed by atoms with Crippen molar-refractivity contribution >= 4 is 39.2 Å². The van der Waals surface area contributed by atoms with Gasteiger partial charge in [-0.05, 0) is 36.4 Å². The van der Waals surface area contributed by atoms with Gasteiger partial charge >= 0.3 is 5.97 Å². The van der Waals surface area contributed by atoms with Gasteiger partial charge < -0.3 is 14.8 Å². The molecule has 1 aliphatic heterocycles. The molecule has 12 heteroatoms. The number of sulfonamides is 1. The van der Waals surface area contributed by atoms with Gasteiger partial charge in [0.05, 0.1) is 34.3 Å². The van der Waals surface area contributed by atoms with E-state index in [4.69, 9.17) is 26.3 Å². The van der Waals surface area contributed by atoms with Crippen molar-refractivity contribution < 1.29 is 31.9 Å². The van der Waals surface area contributed by atoms with E-state index in [1.165, 1.54) is 22.5 Å². The predicted octanol–water partition coefficient (Wildman–Crippen LogP) is 2.17. The number of carbonyl (C=O) groups is 2. The van der Waals surface area contributed by atoms with E-state index in [0.29, 0.717) is 0 Å². The number of hydrogen-bond acceptors (Lipinski definition) is 7. The highest BCUT2D eigenvalue weighted by Crippen LogP contribution is 2.22. The van der Waals surface area contributed by atoms with Gasteiger partial charge in [0.25, 0.3) is 5.91 Å².